The van der Waals surface area contributed by atoms with Gasteiger partial charge in [-0.15, -0.1) is 0 Å². The molecule has 1 aliphatic rings. The number of ether oxygens (including phenoxy) is 1. The number of para-hydroxylation sites is 1. The van der Waals surface area contributed by atoms with Crippen molar-refractivity contribution in [2.45, 2.75) is 39.5 Å². The van der Waals surface area contributed by atoms with Gasteiger partial charge in [0, 0.05) is 31.2 Å². The maximum atomic E-state index is 12.5. The quantitative estimate of drug-likeness (QED) is 0.925. The van der Waals surface area contributed by atoms with Crippen LogP contribution in [0.1, 0.15) is 20.8 Å². The summed E-state index contributed by atoms with van der Waals surface area (Å²) in [7, 11) is 0. The number of nitrogens with zero attached hydrogens (tertiary/aromatic N) is 2. The van der Waals surface area contributed by atoms with Crippen LogP contribution in [-0.4, -0.2) is 40.8 Å². The first-order chi connectivity index (χ1) is 10.6. The number of aryl methyl sites for hydroxylation is 1. The van der Waals surface area contributed by atoms with E-state index >= 15 is 0 Å². The van der Waals surface area contributed by atoms with Gasteiger partial charge in [-0.3, -0.25) is 0 Å². The third-order valence-electron chi connectivity index (χ3n) is 4.08. The van der Waals surface area contributed by atoms with Crippen LogP contribution < -0.4 is 5.32 Å². The van der Waals surface area contributed by atoms with E-state index in [4.69, 9.17) is 4.74 Å². The van der Waals surface area contributed by atoms with Gasteiger partial charge in [-0.1, -0.05) is 18.2 Å². The van der Waals surface area contributed by atoms with Crippen LogP contribution in [0.15, 0.2) is 30.5 Å². The van der Waals surface area contributed by atoms with Crippen molar-refractivity contribution in [1.29, 1.82) is 0 Å². The Kier molecular flexibility index (Phi) is 4.07. The Bertz CT molecular complexity index is 670. The summed E-state index contributed by atoms with van der Waals surface area (Å²) in [5, 5.41) is 4.14. The second-order valence-electron chi connectivity index (χ2n) is 5.94. The molecule has 22 heavy (non-hydrogen) atoms. The second-order valence-corrected chi connectivity index (χ2v) is 5.94. The Labute approximate surface area is 130 Å². The van der Waals surface area contributed by atoms with Gasteiger partial charge in [-0.2, -0.15) is 0 Å². The van der Waals surface area contributed by atoms with Crippen LogP contribution >= 0.6 is 0 Å². The monoisotopic (exact) mass is 301 g/mol. The van der Waals surface area contributed by atoms with Gasteiger partial charge in [0.1, 0.15) is 0 Å². The number of rotatable bonds is 2. The van der Waals surface area contributed by atoms with Crippen LogP contribution in [0.25, 0.3) is 10.9 Å². The van der Waals surface area contributed by atoms with Crippen molar-refractivity contribution in [3.05, 3.63) is 30.5 Å². The number of hydrogen-bond donors (Lipinski definition) is 1. The summed E-state index contributed by atoms with van der Waals surface area (Å²) in [5.74, 6) is 0. The minimum atomic E-state index is -0.0546. The minimum Gasteiger partial charge on any atom is -0.372 e. The first-order valence-electron chi connectivity index (χ1n) is 7.87. The largest absolute Gasteiger partial charge is 0.372 e. The van der Waals surface area contributed by atoms with E-state index in [1.54, 1.807) is 0 Å². The minimum absolute atomic E-state index is 0.0546. The van der Waals surface area contributed by atoms with Gasteiger partial charge in [-0.25, -0.2) is 4.79 Å². The molecule has 1 aliphatic heterocycles. The Balaban J connectivity index is 1.82. The van der Waals surface area contributed by atoms with Crippen LogP contribution in [0, 0.1) is 0 Å². The summed E-state index contributed by atoms with van der Waals surface area (Å²) >= 11 is 0. The maximum Gasteiger partial charge on any atom is 0.322 e. The number of aromatic nitrogens is 1. The summed E-state index contributed by atoms with van der Waals surface area (Å²) in [6.07, 6.45) is 2.16. The van der Waals surface area contributed by atoms with Crippen molar-refractivity contribution in [2.24, 2.45) is 0 Å². The SMILES string of the molecule is CCn1cc(NC(=O)N2C[C@H](C)O[C@@H](C)C2)c2ccccc21. The second kappa shape index (κ2) is 6.01. The molecule has 1 N–H and O–H groups in total. The lowest BCUT2D eigenvalue weighted by Gasteiger charge is -2.35. The number of anilines is 1. The average Bonchev–Trinajstić information content (AvgIpc) is 2.84. The topological polar surface area (TPSA) is 46.5 Å². The highest BCUT2D eigenvalue weighted by Crippen LogP contribution is 2.26. The molecule has 0 radical (unpaired) electrons. The molecule has 0 saturated carbocycles. The Morgan fingerprint density at radius 2 is 1.95 bits per heavy atom. The molecule has 2 amide bonds. The van der Waals surface area contributed by atoms with E-state index in [1.807, 2.05) is 43.1 Å². The van der Waals surface area contributed by atoms with Gasteiger partial charge in [0.15, 0.2) is 0 Å². The van der Waals surface area contributed by atoms with E-state index in [2.05, 4.69) is 22.9 Å². The molecule has 1 saturated heterocycles. The predicted octanol–water partition coefficient (Wildman–Crippen LogP) is 3.30. The number of amides is 2. The molecule has 2 heterocycles. The van der Waals surface area contributed by atoms with Gasteiger partial charge in [0.05, 0.1) is 23.4 Å². The lowest BCUT2D eigenvalue weighted by atomic mass is 10.2. The van der Waals surface area contributed by atoms with Crippen LogP contribution in [0.3, 0.4) is 0 Å². The van der Waals surface area contributed by atoms with Crippen molar-refractivity contribution >= 4 is 22.6 Å². The van der Waals surface area contributed by atoms with Gasteiger partial charge in [-0.05, 0) is 26.8 Å². The molecule has 2 atom stereocenters. The molecule has 0 spiro atoms. The molecular formula is C17H23N3O2. The molecule has 1 aromatic heterocycles. The van der Waals surface area contributed by atoms with Crippen LogP contribution in [0.2, 0.25) is 0 Å². The van der Waals surface area contributed by atoms with Crippen LogP contribution in [-0.2, 0) is 11.3 Å². The number of fused-ring (bicyclic) bond motifs is 1. The summed E-state index contributed by atoms with van der Waals surface area (Å²) in [6, 6.07) is 8.08. The van der Waals surface area contributed by atoms with E-state index in [1.165, 1.54) is 0 Å². The fraction of sp³-hybridized carbons (Fsp3) is 0.471. The standard InChI is InChI=1S/C17H23N3O2/c1-4-19-11-15(14-7-5-6-8-16(14)19)18-17(21)20-9-12(2)22-13(3)10-20/h5-8,11-13H,4,9-10H2,1-3H3,(H,18,21)/t12-,13-/m0/s1. The molecule has 0 bridgehead atoms. The average molecular weight is 301 g/mol. The molecule has 5 nitrogen and oxygen atoms in total. The van der Waals surface area contributed by atoms with Crippen molar-refractivity contribution in [1.82, 2.24) is 9.47 Å². The first-order valence-corrected chi connectivity index (χ1v) is 7.87. The van der Waals surface area contributed by atoms with E-state index < -0.39 is 0 Å². The summed E-state index contributed by atoms with van der Waals surface area (Å²) in [5.41, 5.74) is 2.01. The fourth-order valence-electron chi connectivity index (χ4n) is 3.15. The highest BCUT2D eigenvalue weighted by Gasteiger charge is 2.26. The zero-order valence-electron chi connectivity index (χ0n) is 13.4. The third kappa shape index (κ3) is 2.81. The molecule has 3 rings (SSSR count). The molecular weight excluding hydrogens is 278 g/mol. The van der Waals surface area contributed by atoms with Crippen LogP contribution in [0.4, 0.5) is 10.5 Å². The lowest BCUT2D eigenvalue weighted by Crippen LogP contribution is -2.49. The molecule has 2 aromatic rings. The number of morpholine rings is 1. The van der Waals surface area contributed by atoms with E-state index in [0.29, 0.717) is 13.1 Å². The lowest BCUT2D eigenvalue weighted by molar-refractivity contribution is -0.0530. The van der Waals surface area contributed by atoms with Crippen molar-refractivity contribution < 1.29 is 9.53 Å². The van der Waals surface area contributed by atoms with Gasteiger partial charge >= 0.3 is 6.03 Å². The number of urea groups is 1. The highest BCUT2D eigenvalue weighted by molar-refractivity contribution is 6.01. The van der Waals surface area contributed by atoms with E-state index in [-0.39, 0.29) is 18.2 Å². The predicted molar refractivity (Wildman–Crippen MR) is 88.2 cm³/mol. The molecule has 0 unspecified atom stereocenters. The van der Waals surface area contributed by atoms with Crippen LogP contribution in [0.5, 0.6) is 0 Å². The molecule has 5 heteroatoms. The highest BCUT2D eigenvalue weighted by atomic mass is 16.5. The van der Waals surface area contributed by atoms with E-state index in [9.17, 15) is 4.79 Å². The van der Waals surface area contributed by atoms with Gasteiger partial charge < -0.3 is 19.5 Å². The Hall–Kier alpha value is -2.01. The number of nitrogens with one attached hydrogen (secondary N) is 1. The number of hydrogen-bond acceptors (Lipinski definition) is 2. The Morgan fingerprint density at radius 1 is 1.27 bits per heavy atom. The number of carbonyl (C=O) groups is 1. The first kappa shape index (κ1) is 14.9. The van der Waals surface area contributed by atoms with Crippen molar-refractivity contribution in [3.63, 3.8) is 0 Å². The van der Waals surface area contributed by atoms with Gasteiger partial charge in [0.25, 0.3) is 0 Å². The number of carbonyl (C=O) groups excluding carboxylic acids is 1. The van der Waals surface area contributed by atoms with Crippen molar-refractivity contribution in [2.75, 3.05) is 18.4 Å². The molecule has 1 fully saturated rings. The smallest absolute Gasteiger partial charge is 0.322 e. The molecule has 0 aliphatic carbocycles. The molecule has 118 valence electrons. The normalized spacial score (nSPS) is 22.0. The fourth-order valence-corrected chi connectivity index (χ4v) is 3.15. The van der Waals surface area contributed by atoms with Crippen molar-refractivity contribution in [3.8, 4) is 0 Å². The zero-order chi connectivity index (χ0) is 15.7. The summed E-state index contributed by atoms with van der Waals surface area (Å²) in [4.78, 5) is 14.4. The molecule has 1 aromatic carbocycles. The maximum absolute atomic E-state index is 12.5. The van der Waals surface area contributed by atoms with Gasteiger partial charge in [0.2, 0.25) is 0 Å². The third-order valence-corrected chi connectivity index (χ3v) is 4.08. The zero-order valence-corrected chi connectivity index (χ0v) is 13.4. The van der Waals surface area contributed by atoms with E-state index in [0.717, 1.165) is 23.1 Å². The summed E-state index contributed by atoms with van der Waals surface area (Å²) in [6.45, 7) is 8.23. The summed E-state index contributed by atoms with van der Waals surface area (Å²) < 4.78 is 7.83. The Morgan fingerprint density at radius 3 is 2.64 bits per heavy atom. The number of benzene rings is 1.